The first-order valence-corrected chi connectivity index (χ1v) is 11.7. The Morgan fingerprint density at radius 1 is 0.239 bits per heavy atom. The molecule has 0 N–H and O–H groups in total. The average Bonchev–Trinajstić information content (AvgIpc) is 2.81. The molecule has 0 saturated carbocycles. The minimum atomic E-state index is -9.89. The van der Waals surface area contributed by atoms with E-state index in [4.69, 9.17) is 0 Å². The standard InChI is InChI=1S/C16H7F29Si/c17-3(18,1-2-46)4(19,20)5(21,22)6(23,24)7(25,26)8(27,28)9(29,30)10(31,32)11(33,34)12(35,36)13(37,38)14(39,40)15(41,42)16(43,44)45/h1-2H2,46H3. The maximum absolute atomic E-state index is 13.7. The Hall–Kier alpha value is -1.81. The maximum atomic E-state index is 13.7. The summed E-state index contributed by atoms with van der Waals surface area (Å²) in [6.45, 7) is 0. The molecule has 0 aromatic rings. The molecule has 278 valence electrons. The van der Waals surface area contributed by atoms with Gasteiger partial charge < -0.3 is 0 Å². The van der Waals surface area contributed by atoms with Gasteiger partial charge in [-0.25, -0.2) is 0 Å². The summed E-state index contributed by atoms with van der Waals surface area (Å²) in [6.07, 6.45) is -11.0. The quantitative estimate of drug-likeness (QED) is 0.122. The number of alkyl halides is 29. The molecule has 0 radical (unpaired) electrons. The van der Waals surface area contributed by atoms with Crippen molar-refractivity contribution in [3.8, 4) is 0 Å². The van der Waals surface area contributed by atoms with Gasteiger partial charge in [0.2, 0.25) is 0 Å². The van der Waals surface area contributed by atoms with E-state index in [0.717, 1.165) is 0 Å². The zero-order valence-corrected chi connectivity index (χ0v) is 22.4. The second-order valence-corrected chi connectivity index (χ2v) is 9.84. The average molecular weight is 778 g/mol. The zero-order valence-electron chi connectivity index (χ0n) is 20.4. The van der Waals surface area contributed by atoms with Crippen molar-refractivity contribution in [3.05, 3.63) is 0 Å². The van der Waals surface area contributed by atoms with Gasteiger partial charge in [-0.2, -0.15) is 127 Å². The Morgan fingerprint density at radius 2 is 0.391 bits per heavy atom. The van der Waals surface area contributed by atoms with Crippen LogP contribution in [0, 0.1) is 0 Å². The SMILES string of the molecule is FC(F)(F)C(F)(F)C(F)(F)C(F)(F)C(F)(F)C(F)(F)C(F)(F)C(F)(F)C(F)(F)C(F)(F)C(F)(F)C(F)(F)C(F)(F)C(F)(F)CC[SiH3]. The topological polar surface area (TPSA) is 0 Å². The first kappa shape index (κ1) is 44.2. The van der Waals surface area contributed by atoms with Crippen molar-refractivity contribution in [1.29, 1.82) is 0 Å². The second kappa shape index (κ2) is 10.8. The lowest BCUT2D eigenvalue weighted by Gasteiger charge is -2.46. The van der Waals surface area contributed by atoms with E-state index in [1.54, 1.807) is 0 Å². The molecule has 0 aromatic heterocycles. The van der Waals surface area contributed by atoms with Crippen LogP contribution in [0.3, 0.4) is 0 Å². The predicted molar refractivity (Wildman–Crippen MR) is 89.7 cm³/mol. The molecule has 0 aromatic carbocycles. The first-order chi connectivity index (χ1) is 19.3. The third-order valence-electron chi connectivity index (χ3n) is 5.72. The molecule has 0 rings (SSSR count). The highest BCUT2D eigenvalue weighted by Crippen LogP contribution is 2.69. The van der Waals surface area contributed by atoms with Crippen LogP contribution in [0.25, 0.3) is 0 Å². The van der Waals surface area contributed by atoms with Gasteiger partial charge in [0.05, 0.1) is 0 Å². The van der Waals surface area contributed by atoms with E-state index >= 15 is 0 Å². The van der Waals surface area contributed by atoms with E-state index in [1.807, 2.05) is 0 Å². The molecule has 0 nitrogen and oxygen atoms in total. The van der Waals surface area contributed by atoms with Crippen molar-refractivity contribution in [2.45, 2.75) is 95.6 Å². The van der Waals surface area contributed by atoms with Crippen molar-refractivity contribution in [3.63, 3.8) is 0 Å². The van der Waals surface area contributed by atoms with E-state index in [1.165, 1.54) is 0 Å². The van der Waals surface area contributed by atoms with Gasteiger partial charge in [-0.05, 0) is 0 Å². The molecule has 30 heteroatoms. The van der Waals surface area contributed by atoms with Gasteiger partial charge in [0.25, 0.3) is 0 Å². The minimum absolute atomic E-state index is 0.745. The third-order valence-corrected chi connectivity index (χ3v) is 6.22. The number of hydrogen-bond donors (Lipinski definition) is 0. The molecule has 0 atom stereocenters. The van der Waals surface area contributed by atoms with Crippen LogP contribution in [0.15, 0.2) is 0 Å². The summed E-state index contributed by atoms with van der Waals surface area (Å²) in [5.41, 5.74) is 0. The van der Waals surface area contributed by atoms with E-state index in [0.29, 0.717) is 0 Å². The lowest BCUT2D eigenvalue weighted by atomic mass is 9.83. The highest BCUT2D eigenvalue weighted by atomic mass is 28.1. The lowest BCUT2D eigenvalue weighted by Crippen LogP contribution is -2.79. The molecule has 0 aliphatic rings. The first-order valence-electron chi connectivity index (χ1n) is 10.3. The molecule has 46 heavy (non-hydrogen) atoms. The van der Waals surface area contributed by atoms with Gasteiger partial charge in [-0.1, -0.05) is 6.04 Å². The fraction of sp³-hybridized carbons (Fsp3) is 1.00. The van der Waals surface area contributed by atoms with Crippen LogP contribution >= 0.6 is 0 Å². The molecular weight excluding hydrogens is 771 g/mol. The Kier molecular flexibility index (Phi) is 10.4. The highest BCUT2D eigenvalue weighted by Gasteiger charge is 3.00. The van der Waals surface area contributed by atoms with Crippen molar-refractivity contribution in [1.82, 2.24) is 0 Å². The molecule has 0 aliphatic heterocycles. The van der Waals surface area contributed by atoms with Gasteiger partial charge in [0, 0.05) is 16.7 Å². The highest BCUT2D eigenvalue weighted by molar-refractivity contribution is 6.08. The Morgan fingerprint density at radius 3 is 0.543 bits per heavy atom. The van der Waals surface area contributed by atoms with Crippen molar-refractivity contribution >= 4 is 10.2 Å². The smallest absolute Gasteiger partial charge is 0.200 e. The summed E-state index contributed by atoms with van der Waals surface area (Å²) in [5.74, 6) is -119. The number of halogens is 29. The van der Waals surface area contributed by atoms with Gasteiger partial charge in [-0.3, -0.25) is 0 Å². The van der Waals surface area contributed by atoms with E-state index in [-0.39, 0.29) is 0 Å². The van der Waals surface area contributed by atoms with Gasteiger partial charge in [-0.15, -0.1) is 0 Å². The molecule has 0 unspecified atom stereocenters. The second-order valence-electron chi connectivity index (χ2n) is 8.84. The number of hydrogen-bond acceptors (Lipinski definition) is 0. The van der Waals surface area contributed by atoms with Crippen LogP contribution in [0.1, 0.15) is 6.42 Å². The van der Waals surface area contributed by atoms with Crippen LogP contribution in [-0.4, -0.2) is 93.4 Å². The zero-order chi connectivity index (χ0) is 38.4. The van der Waals surface area contributed by atoms with E-state index in [9.17, 15) is 127 Å². The molecule has 0 spiro atoms. The van der Waals surface area contributed by atoms with Crippen LogP contribution < -0.4 is 0 Å². The fourth-order valence-electron chi connectivity index (χ4n) is 2.85. The molecule has 0 aliphatic carbocycles. The summed E-state index contributed by atoms with van der Waals surface area (Å²) in [4.78, 5) is 0. The lowest BCUT2D eigenvalue weighted by molar-refractivity contribution is -0.487. The normalized spacial score (nSPS) is 17.2. The van der Waals surface area contributed by atoms with Crippen LogP contribution in [0.4, 0.5) is 127 Å². The Bertz CT molecular complexity index is 1090. The molecule has 0 amide bonds. The van der Waals surface area contributed by atoms with E-state index < -0.39 is 106 Å². The largest absolute Gasteiger partial charge is 0.460 e. The van der Waals surface area contributed by atoms with E-state index in [2.05, 4.69) is 0 Å². The number of rotatable bonds is 14. The summed E-state index contributed by atoms with van der Waals surface area (Å²) >= 11 is 0. The van der Waals surface area contributed by atoms with Gasteiger partial charge >= 0.3 is 83.2 Å². The Balaban J connectivity index is 7.53. The van der Waals surface area contributed by atoms with Crippen molar-refractivity contribution in [2.75, 3.05) is 0 Å². The molecular formula is C16H7F29Si. The fourth-order valence-corrected chi connectivity index (χ4v) is 3.48. The summed E-state index contributed by atoms with van der Waals surface area (Å²) < 4.78 is 386. The van der Waals surface area contributed by atoms with Gasteiger partial charge in [0.15, 0.2) is 0 Å². The predicted octanol–water partition coefficient (Wildman–Crippen LogP) is 8.98. The minimum Gasteiger partial charge on any atom is -0.200 e. The molecule has 0 fully saturated rings. The Labute approximate surface area is 234 Å². The summed E-state index contributed by atoms with van der Waals surface area (Å²) in [6, 6.07) is -1.37. The molecule has 0 saturated heterocycles. The summed E-state index contributed by atoms with van der Waals surface area (Å²) in [7, 11) is -0.745. The van der Waals surface area contributed by atoms with Crippen LogP contribution in [-0.2, 0) is 0 Å². The van der Waals surface area contributed by atoms with Crippen molar-refractivity contribution < 1.29 is 127 Å². The summed E-state index contributed by atoms with van der Waals surface area (Å²) in [5, 5.41) is 0. The van der Waals surface area contributed by atoms with Crippen LogP contribution in [0.2, 0.25) is 6.04 Å². The van der Waals surface area contributed by atoms with Crippen molar-refractivity contribution in [2.24, 2.45) is 0 Å². The monoisotopic (exact) mass is 778 g/mol. The molecule has 0 heterocycles. The maximum Gasteiger partial charge on any atom is 0.460 e. The van der Waals surface area contributed by atoms with Crippen LogP contribution in [0.5, 0.6) is 0 Å². The van der Waals surface area contributed by atoms with Gasteiger partial charge in [0.1, 0.15) is 0 Å². The molecule has 0 bridgehead atoms. The third kappa shape index (κ3) is 5.04.